The predicted molar refractivity (Wildman–Crippen MR) is 126 cm³/mol. The molecule has 0 atom stereocenters. The number of benzene rings is 2. The molecule has 0 spiro atoms. The van der Waals surface area contributed by atoms with Crippen molar-refractivity contribution in [1.82, 2.24) is 9.38 Å². The summed E-state index contributed by atoms with van der Waals surface area (Å²) in [5.74, 6) is -1.43. The fourth-order valence-corrected chi connectivity index (χ4v) is 3.86. The second kappa shape index (κ2) is 8.48. The third kappa shape index (κ3) is 4.09. The van der Waals surface area contributed by atoms with Gasteiger partial charge in [0.1, 0.15) is 5.65 Å². The molecule has 0 aliphatic rings. The summed E-state index contributed by atoms with van der Waals surface area (Å²) in [5, 5.41) is 12.2. The Hall–Kier alpha value is -3.64. The number of fused-ring (bicyclic) bond motifs is 1. The van der Waals surface area contributed by atoms with Crippen molar-refractivity contribution in [2.24, 2.45) is 0 Å². The Morgan fingerprint density at radius 2 is 1.81 bits per heavy atom. The standard InChI is InChI=1S/C25H22ClN3O3/c1-14-6-7-17(11-16(14)3)23-21(29-10-4-5-15(2)24(29)28-23)13-22(30)27-18-8-9-20(26)19(12-18)25(31)32/h4-12H,13H2,1-3H3,(H,27,30)(H,31,32). The Morgan fingerprint density at radius 3 is 2.53 bits per heavy atom. The number of hydrogen-bond donors (Lipinski definition) is 2. The number of anilines is 1. The van der Waals surface area contributed by atoms with Gasteiger partial charge in [-0.05, 0) is 67.8 Å². The molecule has 7 heteroatoms. The second-order valence-electron chi connectivity index (χ2n) is 7.82. The topological polar surface area (TPSA) is 83.7 Å². The molecule has 0 bridgehead atoms. The molecule has 0 aliphatic carbocycles. The highest BCUT2D eigenvalue weighted by Crippen LogP contribution is 2.28. The van der Waals surface area contributed by atoms with Crippen molar-refractivity contribution in [2.45, 2.75) is 27.2 Å². The first-order valence-electron chi connectivity index (χ1n) is 10.1. The molecule has 2 aromatic heterocycles. The molecule has 32 heavy (non-hydrogen) atoms. The van der Waals surface area contributed by atoms with Crippen molar-refractivity contribution in [3.63, 3.8) is 0 Å². The lowest BCUT2D eigenvalue weighted by molar-refractivity contribution is -0.115. The number of rotatable bonds is 5. The summed E-state index contributed by atoms with van der Waals surface area (Å²) in [4.78, 5) is 29.1. The summed E-state index contributed by atoms with van der Waals surface area (Å²) >= 11 is 5.93. The number of pyridine rings is 1. The van der Waals surface area contributed by atoms with Crippen LogP contribution in [0.25, 0.3) is 16.9 Å². The third-order valence-corrected chi connectivity index (χ3v) is 5.86. The number of hydrogen-bond acceptors (Lipinski definition) is 3. The molecule has 2 aromatic carbocycles. The van der Waals surface area contributed by atoms with Gasteiger partial charge in [0.25, 0.3) is 0 Å². The number of aromatic nitrogens is 2. The SMILES string of the molecule is Cc1ccc(-c2nc3c(C)cccn3c2CC(=O)Nc2ccc(Cl)c(C(=O)O)c2)cc1C. The quantitative estimate of drug-likeness (QED) is 0.425. The van der Waals surface area contributed by atoms with E-state index in [9.17, 15) is 14.7 Å². The summed E-state index contributed by atoms with van der Waals surface area (Å²) in [7, 11) is 0. The van der Waals surface area contributed by atoms with Gasteiger partial charge in [-0.2, -0.15) is 0 Å². The number of nitrogens with one attached hydrogen (secondary N) is 1. The van der Waals surface area contributed by atoms with Crippen molar-refractivity contribution in [3.05, 3.63) is 87.7 Å². The Morgan fingerprint density at radius 1 is 1.03 bits per heavy atom. The molecular weight excluding hydrogens is 426 g/mol. The first kappa shape index (κ1) is 21.6. The minimum Gasteiger partial charge on any atom is -0.478 e. The van der Waals surface area contributed by atoms with Crippen molar-refractivity contribution >= 4 is 34.8 Å². The van der Waals surface area contributed by atoms with Crippen molar-refractivity contribution in [2.75, 3.05) is 5.32 Å². The van der Waals surface area contributed by atoms with E-state index in [1.807, 2.05) is 48.7 Å². The fraction of sp³-hybridized carbons (Fsp3) is 0.160. The van der Waals surface area contributed by atoms with E-state index in [0.29, 0.717) is 5.69 Å². The van der Waals surface area contributed by atoms with E-state index in [0.717, 1.165) is 33.7 Å². The van der Waals surface area contributed by atoms with Gasteiger partial charge in [0.2, 0.25) is 5.91 Å². The molecule has 0 saturated heterocycles. The van der Waals surface area contributed by atoms with Crippen LogP contribution in [-0.2, 0) is 11.2 Å². The number of carboxylic acid groups (broad SMARTS) is 1. The minimum atomic E-state index is -1.15. The van der Waals surface area contributed by atoms with E-state index in [-0.39, 0.29) is 22.9 Å². The van der Waals surface area contributed by atoms with E-state index < -0.39 is 5.97 Å². The number of imidazole rings is 1. The molecule has 162 valence electrons. The number of aromatic carboxylic acids is 1. The Labute approximate surface area is 190 Å². The largest absolute Gasteiger partial charge is 0.478 e. The van der Waals surface area contributed by atoms with E-state index in [2.05, 4.69) is 18.3 Å². The highest BCUT2D eigenvalue weighted by Gasteiger charge is 2.19. The zero-order valence-electron chi connectivity index (χ0n) is 17.9. The molecule has 0 fully saturated rings. The Bertz CT molecular complexity index is 1370. The van der Waals surface area contributed by atoms with Crippen molar-refractivity contribution in [3.8, 4) is 11.3 Å². The van der Waals surface area contributed by atoms with E-state index in [1.54, 1.807) is 6.07 Å². The first-order chi connectivity index (χ1) is 15.2. The maximum absolute atomic E-state index is 12.9. The normalized spacial score (nSPS) is 11.0. The Kier molecular flexibility index (Phi) is 5.72. The maximum atomic E-state index is 12.9. The number of aryl methyl sites for hydroxylation is 3. The van der Waals surface area contributed by atoms with E-state index in [1.165, 1.54) is 17.7 Å². The predicted octanol–water partition coefficient (Wildman–Crippen LogP) is 5.46. The van der Waals surface area contributed by atoms with Crippen LogP contribution in [0.15, 0.2) is 54.7 Å². The van der Waals surface area contributed by atoms with Crippen LogP contribution in [0.1, 0.15) is 32.7 Å². The summed E-state index contributed by atoms with van der Waals surface area (Å²) in [6, 6.07) is 14.4. The molecule has 4 aromatic rings. The van der Waals surface area contributed by atoms with E-state index in [4.69, 9.17) is 16.6 Å². The summed E-state index contributed by atoms with van der Waals surface area (Å²) in [6.45, 7) is 6.09. The first-order valence-corrected chi connectivity index (χ1v) is 10.5. The number of carbonyl (C=O) groups excluding carboxylic acids is 1. The zero-order chi connectivity index (χ0) is 23.0. The van der Waals surface area contributed by atoms with Gasteiger partial charge in [-0.25, -0.2) is 9.78 Å². The van der Waals surface area contributed by atoms with Crippen molar-refractivity contribution in [1.29, 1.82) is 0 Å². The summed E-state index contributed by atoms with van der Waals surface area (Å²) in [5.41, 5.74) is 6.89. The summed E-state index contributed by atoms with van der Waals surface area (Å²) in [6.07, 6.45) is 1.96. The molecule has 6 nitrogen and oxygen atoms in total. The summed E-state index contributed by atoms with van der Waals surface area (Å²) < 4.78 is 1.93. The molecular formula is C25H22ClN3O3. The molecule has 2 heterocycles. The minimum absolute atomic E-state index is 0.0642. The molecule has 0 aliphatic heterocycles. The van der Waals surface area contributed by atoms with Crippen LogP contribution in [0.5, 0.6) is 0 Å². The lowest BCUT2D eigenvalue weighted by Gasteiger charge is -2.10. The second-order valence-corrected chi connectivity index (χ2v) is 8.22. The van der Waals surface area contributed by atoms with Crippen LogP contribution in [0.2, 0.25) is 5.02 Å². The third-order valence-electron chi connectivity index (χ3n) is 5.53. The van der Waals surface area contributed by atoms with Gasteiger partial charge in [0.15, 0.2) is 0 Å². The smallest absolute Gasteiger partial charge is 0.337 e. The number of carboxylic acids is 1. The molecule has 0 radical (unpaired) electrons. The fourth-order valence-electron chi connectivity index (χ4n) is 3.67. The van der Waals surface area contributed by atoms with Crippen LogP contribution in [0.3, 0.4) is 0 Å². The van der Waals surface area contributed by atoms with Crippen LogP contribution >= 0.6 is 11.6 Å². The lowest BCUT2D eigenvalue weighted by Crippen LogP contribution is -2.16. The highest BCUT2D eigenvalue weighted by molar-refractivity contribution is 6.33. The molecule has 1 amide bonds. The zero-order valence-corrected chi connectivity index (χ0v) is 18.7. The highest BCUT2D eigenvalue weighted by atomic mass is 35.5. The monoisotopic (exact) mass is 447 g/mol. The molecule has 0 saturated carbocycles. The van der Waals surface area contributed by atoms with Gasteiger partial charge in [0.05, 0.1) is 28.4 Å². The van der Waals surface area contributed by atoms with Gasteiger partial charge < -0.3 is 14.8 Å². The van der Waals surface area contributed by atoms with Gasteiger partial charge in [-0.15, -0.1) is 0 Å². The average Bonchev–Trinajstić information content (AvgIpc) is 3.11. The van der Waals surface area contributed by atoms with Gasteiger partial charge in [-0.3, -0.25) is 4.79 Å². The maximum Gasteiger partial charge on any atom is 0.337 e. The van der Waals surface area contributed by atoms with Crippen LogP contribution in [0, 0.1) is 20.8 Å². The van der Waals surface area contributed by atoms with Gasteiger partial charge >= 0.3 is 5.97 Å². The number of carbonyl (C=O) groups is 2. The van der Waals surface area contributed by atoms with Crippen LogP contribution < -0.4 is 5.32 Å². The molecule has 0 unspecified atom stereocenters. The number of halogens is 1. The van der Waals surface area contributed by atoms with Gasteiger partial charge in [-0.1, -0.05) is 29.8 Å². The average molecular weight is 448 g/mol. The van der Waals surface area contributed by atoms with Gasteiger partial charge in [0, 0.05) is 17.4 Å². The Balaban J connectivity index is 1.73. The number of nitrogens with zero attached hydrogens (tertiary/aromatic N) is 2. The van der Waals surface area contributed by atoms with Crippen LogP contribution in [0.4, 0.5) is 5.69 Å². The molecule has 2 N–H and O–H groups in total. The van der Waals surface area contributed by atoms with Crippen LogP contribution in [-0.4, -0.2) is 26.4 Å². The van der Waals surface area contributed by atoms with E-state index >= 15 is 0 Å². The lowest BCUT2D eigenvalue weighted by atomic mass is 10.0. The molecule has 4 rings (SSSR count). The number of amides is 1. The van der Waals surface area contributed by atoms with Crippen molar-refractivity contribution < 1.29 is 14.7 Å².